The lowest BCUT2D eigenvalue weighted by Crippen LogP contribution is -2.47. The number of aliphatic hydroxyl groups excluding tert-OH is 1. The quantitative estimate of drug-likeness (QED) is 0.298. The van der Waals surface area contributed by atoms with Gasteiger partial charge in [-0.05, 0) is 18.9 Å². The Kier molecular flexibility index (Phi) is 10.5. The first kappa shape index (κ1) is 19.6. The fourth-order valence-corrected chi connectivity index (χ4v) is 2.07. The Balaban J connectivity index is 4.54. The van der Waals surface area contributed by atoms with E-state index in [0.29, 0.717) is 0 Å². The highest BCUT2D eigenvalue weighted by Crippen LogP contribution is 2.12. The number of nitrogens with zero attached hydrogens (tertiary/aromatic N) is 1. The van der Waals surface area contributed by atoms with E-state index in [0.717, 1.165) is 25.7 Å². The minimum absolute atomic E-state index is 0.0476. The molecule has 0 fully saturated rings. The third kappa shape index (κ3) is 10.0. The first-order valence-corrected chi connectivity index (χ1v) is 7.51. The molecule has 122 valence electrons. The fraction of sp³-hybridized carbons (Fsp3) is 0.733. The van der Waals surface area contributed by atoms with Gasteiger partial charge in [0, 0.05) is 12.4 Å². The molecule has 0 aromatic rings. The number of unbranched alkanes of at least 4 members (excludes halogenated alkanes) is 4. The molecule has 1 atom stereocenters. The Morgan fingerprint density at radius 2 is 1.81 bits per heavy atom. The summed E-state index contributed by atoms with van der Waals surface area (Å²) in [5.74, 6) is -2.16. The number of carboxylic acid groups (broad SMARTS) is 2. The zero-order chi connectivity index (χ0) is 16.1. The Labute approximate surface area is 126 Å². The first-order chi connectivity index (χ1) is 9.95. The molecule has 0 aliphatic rings. The van der Waals surface area contributed by atoms with Crippen molar-refractivity contribution in [2.24, 2.45) is 0 Å². The van der Waals surface area contributed by atoms with Crippen LogP contribution in [0.4, 0.5) is 0 Å². The van der Waals surface area contributed by atoms with Crippen molar-refractivity contribution in [3.8, 4) is 0 Å². The molecule has 0 aromatic heterocycles. The summed E-state index contributed by atoms with van der Waals surface area (Å²) in [6, 6.07) is 0. The summed E-state index contributed by atoms with van der Waals surface area (Å²) in [5, 5.41) is 28.9. The maximum absolute atomic E-state index is 10.7. The summed E-state index contributed by atoms with van der Waals surface area (Å²) in [4.78, 5) is 21.3. The van der Waals surface area contributed by atoms with Crippen molar-refractivity contribution >= 4 is 11.9 Å². The number of quaternary nitrogens is 1. The van der Waals surface area contributed by atoms with Gasteiger partial charge in [-0.1, -0.05) is 26.2 Å². The average molecular weight is 301 g/mol. The summed E-state index contributed by atoms with van der Waals surface area (Å²) in [7, 11) is 0. The standard InChI is InChI=1S/C15H27NO5/c1-2-3-4-5-6-7-10-16(13-17,11-8-14(18)19)12-9-15(20)21/h7,10,17H,2-6,8-9,11-13H2,1H3,(H-,18,19,20,21)/b10-7+. The van der Waals surface area contributed by atoms with Gasteiger partial charge in [0.1, 0.15) is 0 Å². The number of aliphatic hydroxyl groups is 1. The molecule has 6 nitrogen and oxygen atoms in total. The Morgan fingerprint density at radius 3 is 2.33 bits per heavy atom. The van der Waals surface area contributed by atoms with Crippen molar-refractivity contribution < 1.29 is 29.4 Å². The van der Waals surface area contributed by atoms with Crippen LogP contribution in [0.1, 0.15) is 51.9 Å². The predicted octanol–water partition coefficient (Wildman–Crippen LogP) is 0.852. The van der Waals surface area contributed by atoms with Crippen LogP contribution in [0, 0.1) is 0 Å². The van der Waals surface area contributed by atoms with Gasteiger partial charge in [0.15, 0.2) is 6.73 Å². The smallest absolute Gasteiger partial charge is 0.309 e. The average Bonchev–Trinajstić information content (AvgIpc) is 2.45. The molecule has 0 amide bonds. The van der Waals surface area contributed by atoms with E-state index in [1.165, 1.54) is 6.42 Å². The normalized spacial score (nSPS) is 14.2. The lowest BCUT2D eigenvalue weighted by atomic mass is 10.1. The topological polar surface area (TPSA) is 97.7 Å². The minimum atomic E-state index is -1.20. The molecule has 0 radical (unpaired) electrons. The number of carbonyl (C=O) groups is 2. The van der Waals surface area contributed by atoms with Gasteiger partial charge in [0.05, 0.1) is 25.7 Å². The molecule has 0 bridgehead atoms. The molecule has 0 aliphatic heterocycles. The summed E-state index contributed by atoms with van der Waals surface area (Å²) in [5.41, 5.74) is 0. The van der Waals surface area contributed by atoms with E-state index in [4.69, 9.17) is 5.11 Å². The van der Waals surface area contributed by atoms with Crippen LogP contribution in [-0.2, 0) is 9.59 Å². The van der Waals surface area contributed by atoms with Crippen molar-refractivity contribution in [2.45, 2.75) is 51.9 Å². The van der Waals surface area contributed by atoms with E-state index in [9.17, 15) is 19.8 Å². The van der Waals surface area contributed by atoms with E-state index >= 15 is 0 Å². The van der Waals surface area contributed by atoms with E-state index in [2.05, 4.69) is 6.92 Å². The van der Waals surface area contributed by atoms with Crippen LogP contribution in [-0.4, -0.2) is 46.5 Å². The third-order valence-electron chi connectivity index (χ3n) is 3.46. The fourth-order valence-electron chi connectivity index (χ4n) is 2.07. The highest BCUT2D eigenvalue weighted by atomic mass is 16.4. The third-order valence-corrected chi connectivity index (χ3v) is 3.46. The van der Waals surface area contributed by atoms with Crippen LogP contribution < -0.4 is 5.11 Å². The number of hydrogen-bond donors (Lipinski definition) is 2. The van der Waals surface area contributed by atoms with Gasteiger partial charge in [0.25, 0.3) is 0 Å². The molecule has 0 heterocycles. The lowest BCUT2D eigenvalue weighted by molar-refractivity contribution is -0.897. The van der Waals surface area contributed by atoms with E-state index in [1.807, 2.05) is 6.08 Å². The number of allylic oxidation sites excluding steroid dienone is 1. The molecule has 0 aliphatic carbocycles. The molecule has 0 saturated heterocycles. The van der Waals surface area contributed by atoms with Gasteiger partial charge < -0.3 is 20.1 Å². The van der Waals surface area contributed by atoms with Crippen molar-refractivity contribution in [3.05, 3.63) is 12.3 Å². The molecule has 2 N–H and O–H groups in total. The second kappa shape index (κ2) is 11.3. The van der Waals surface area contributed by atoms with Crippen LogP contribution >= 0.6 is 0 Å². The second-order valence-corrected chi connectivity index (χ2v) is 5.31. The van der Waals surface area contributed by atoms with E-state index in [-0.39, 0.29) is 37.1 Å². The van der Waals surface area contributed by atoms with E-state index in [1.54, 1.807) is 6.20 Å². The molecule has 6 heteroatoms. The first-order valence-electron chi connectivity index (χ1n) is 7.51. The van der Waals surface area contributed by atoms with Gasteiger partial charge >= 0.3 is 5.97 Å². The highest BCUT2D eigenvalue weighted by molar-refractivity contribution is 5.66. The zero-order valence-electron chi connectivity index (χ0n) is 12.8. The number of carboxylic acids is 2. The Morgan fingerprint density at radius 1 is 1.14 bits per heavy atom. The van der Waals surface area contributed by atoms with Crippen LogP contribution in [0.25, 0.3) is 0 Å². The second-order valence-electron chi connectivity index (χ2n) is 5.31. The van der Waals surface area contributed by atoms with E-state index < -0.39 is 11.9 Å². The number of hydrogen-bond acceptors (Lipinski definition) is 4. The molecule has 1 unspecified atom stereocenters. The molecular formula is C15H27NO5. The molecular weight excluding hydrogens is 274 g/mol. The zero-order valence-corrected chi connectivity index (χ0v) is 12.8. The molecule has 0 saturated carbocycles. The van der Waals surface area contributed by atoms with Gasteiger partial charge in [-0.15, -0.1) is 0 Å². The van der Waals surface area contributed by atoms with Gasteiger partial charge in [0.2, 0.25) is 0 Å². The Hall–Kier alpha value is -1.40. The van der Waals surface area contributed by atoms with Crippen LogP contribution in [0.15, 0.2) is 12.3 Å². The molecule has 0 aromatic carbocycles. The molecule has 0 rings (SSSR count). The highest BCUT2D eigenvalue weighted by Gasteiger charge is 2.24. The molecule has 0 spiro atoms. The SMILES string of the molecule is CCCCCC/C=C/[N+](CO)(CCC(=O)[O-])CCC(=O)O. The monoisotopic (exact) mass is 301 g/mol. The number of carbonyl (C=O) groups excluding carboxylic acids is 1. The van der Waals surface area contributed by atoms with Gasteiger partial charge in [-0.3, -0.25) is 9.28 Å². The van der Waals surface area contributed by atoms with Crippen molar-refractivity contribution in [1.82, 2.24) is 0 Å². The lowest BCUT2D eigenvalue weighted by Gasteiger charge is -2.32. The minimum Gasteiger partial charge on any atom is -0.550 e. The predicted molar refractivity (Wildman–Crippen MR) is 76.9 cm³/mol. The van der Waals surface area contributed by atoms with Crippen molar-refractivity contribution in [1.29, 1.82) is 0 Å². The summed E-state index contributed by atoms with van der Waals surface area (Å²) < 4.78 is -0.0476. The van der Waals surface area contributed by atoms with Crippen molar-refractivity contribution in [2.75, 3.05) is 19.8 Å². The maximum atomic E-state index is 10.7. The van der Waals surface area contributed by atoms with Crippen LogP contribution in [0.2, 0.25) is 0 Å². The Bertz CT molecular complexity index is 323. The van der Waals surface area contributed by atoms with Crippen LogP contribution in [0.3, 0.4) is 0 Å². The largest absolute Gasteiger partial charge is 0.550 e. The van der Waals surface area contributed by atoms with Gasteiger partial charge in [-0.25, -0.2) is 0 Å². The summed E-state index contributed by atoms with van der Waals surface area (Å²) in [6.07, 6.45) is 8.67. The number of aliphatic carboxylic acids is 2. The molecule has 21 heavy (non-hydrogen) atoms. The van der Waals surface area contributed by atoms with Crippen molar-refractivity contribution in [3.63, 3.8) is 0 Å². The van der Waals surface area contributed by atoms with Crippen LogP contribution in [0.5, 0.6) is 0 Å². The maximum Gasteiger partial charge on any atom is 0.309 e. The van der Waals surface area contributed by atoms with Gasteiger partial charge in [-0.2, -0.15) is 0 Å². The summed E-state index contributed by atoms with van der Waals surface area (Å²) >= 11 is 0. The number of rotatable bonds is 13. The summed E-state index contributed by atoms with van der Waals surface area (Å²) in [6.45, 7) is 2.13.